The first kappa shape index (κ1) is 24.0. The highest BCUT2D eigenvalue weighted by Gasteiger charge is 2.30. The number of aryl methyl sites for hydroxylation is 1. The van der Waals surface area contributed by atoms with Crippen LogP contribution in [0.2, 0.25) is 0 Å². The van der Waals surface area contributed by atoms with Gasteiger partial charge in [-0.25, -0.2) is 0 Å². The molecule has 1 fully saturated rings. The number of amides is 1. The molecule has 0 spiro atoms. The second-order valence-corrected chi connectivity index (χ2v) is 9.40. The van der Waals surface area contributed by atoms with E-state index >= 15 is 0 Å². The second-order valence-electron chi connectivity index (χ2n) is 9.40. The number of carboxylic acids is 1. The molecular formula is C27H34N4O3. The van der Waals surface area contributed by atoms with Crippen molar-refractivity contribution in [3.05, 3.63) is 64.7 Å². The molecule has 1 aliphatic heterocycles. The number of carbonyl (C=O) groups excluding carboxylic acids is 1. The Morgan fingerprint density at radius 2 is 1.85 bits per heavy atom. The lowest BCUT2D eigenvalue weighted by atomic mass is 9.72. The second kappa shape index (κ2) is 10.8. The molecule has 0 radical (unpaired) electrons. The standard InChI is InChI=1S/C27H34N4O3/c1-3-24-22(16-26(32)33)9-8-20-10-11-23(17-25(20)24)29-27(34)21-6-4-19(5-7-21)18-28-31-14-12-30(2)13-15-31/h4-7,10-11,17-18,22,24H,3,8-9,12-16H2,1-2H3,(H,29,34)(H,32,33). The number of carboxylic acid groups (broad SMARTS) is 1. The summed E-state index contributed by atoms with van der Waals surface area (Å²) in [6, 6.07) is 13.5. The fourth-order valence-electron chi connectivity index (χ4n) is 5.05. The van der Waals surface area contributed by atoms with Crippen LogP contribution in [0.4, 0.5) is 5.69 Å². The van der Waals surface area contributed by atoms with E-state index in [4.69, 9.17) is 0 Å². The van der Waals surface area contributed by atoms with Crippen molar-refractivity contribution in [1.82, 2.24) is 9.91 Å². The van der Waals surface area contributed by atoms with Crippen LogP contribution < -0.4 is 5.32 Å². The molecule has 1 heterocycles. The van der Waals surface area contributed by atoms with Gasteiger partial charge in [-0.3, -0.25) is 14.6 Å². The van der Waals surface area contributed by atoms with Crippen molar-refractivity contribution < 1.29 is 14.7 Å². The lowest BCUT2D eigenvalue weighted by Gasteiger charge is -2.32. The maximum absolute atomic E-state index is 12.9. The first-order valence-electron chi connectivity index (χ1n) is 12.2. The zero-order chi connectivity index (χ0) is 24.1. The van der Waals surface area contributed by atoms with Crippen LogP contribution >= 0.6 is 0 Å². The highest BCUT2D eigenvalue weighted by atomic mass is 16.4. The number of hydrogen-bond acceptors (Lipinski definition) is 5. The monoisotopic (exact) mass is 462 g/mol. The van der Waals surface area contributed by atoms with E-state index in [9.17, 15) is 14.7 Å². The Hall–Kier alpha value is -3.19. The summed E-state index contributed by atoms with van der Waals surface area (Å²) in [4.78, 5) is 26.4. The van der Waals surface area contributed by atoms with Gasteiger partial charge in [0.25, 0.3) is 5.91 Å². The summed E-state index contributed by atoms with van der Waals surface area (Å²) in [6.07, 6.45) is 4.70. The first-order chi connectivity index (χ1) is 16.4. The van der Waals surface area contributed by atoms with Crippen molar-refractivity contribution in [2.24, 2.45) is 11.0 Å². The maximum Gasteiger partial charge on any atom is 0.303 e. The number of anilines is 1. The Bertz CT molecular complexity index is 1040. The number of piperazine rings is 1. The molecule has 0 saturated carbocycles. The van der Waals surface area contributed by atoms with Gasteiger partial charge < -0.3 is 15.3 Å². The van der Waals surface area contributed by atoms with Crippen molar-refractivity contribution in [3.8, 4) is 0 Å². The highest BCUT2D eigenvalue weighted by molar-refractivity contribution is 6.04. The molecule has 4 rings (SSSR count). The van der Waals surface area contributed by atoms with Crippen LogP contribution in [0.5, 0.6) is 0 Å². The Morgan fingerprint density at radius 3 is 2.53 bits per heavy atom. The minimum Gasteiger partial charge on any atom is -0.481 e. The summed E-state index contributed by atoms with van der Waals surface area (Å²) in [5, 5.41) is 18.9. The van der Waals surface area contributed by atoms with Crippen LogP contribution in [0.25, 0.3) is 0 Å². The minimum atomic E-state index is -0.742. The van der Waals surface area contributed by atoms with Crippen molar-refractivity contribution in [1.29, 1.82) is 0 Å². The SMILES string of the molecule is CCC1c2cc(NC(=O)c3ccc(C=NN4CCN(C)CC4)cc3)ccc2CCC1CC(=O)O. The summed E-state index contributed by atoms with van der Waals surface area (Å²) < 4.78 is 0. The van der Waals surface area contributed by atoms with Crippen LogP contribution in [-0.2, 0) is 11.2 Å². The third-order valence-corrected chi connectivity index (χ3v) is 7.06. The Labute approximate surface area is 201 Å². The van der Waals surface area contributed by atoms with E-state index in [1.807, 2.05) is 42.6 Å². The van der Waals surface area contributed by atoms with E-state index in [0.717, 1.165) is 56.7 Å². The van der Waals surface area contributed by atoms with Gasteiger partial charge >= 0.3 is 5.97 Å². The Balaban J connectivity index is 1.40. The average molecular weight is 463 g/mol. The topological polar surface area (TPSA) is 85.2 Å². The van der Waals surface area contributed by atoms with Gasteiger partial charge in [0.2, 0.25) is 0 Å². The number of benzene rings is 2. The van der Waals surface area contributed by atoms with E-state index in [1.54, 1.807) is 0 Å². The molecule has 2 N–H and O–H groups in total. The molecule has 2 aromatic carbocycles. The molecular weight excluding hydrogens is 428 g/mol. The van der Waals surface area contributed by atoms with Crippen LogP contribution in [-0.4, -0.2) is 66.3 Å². The number of aliphatic carboxylic acids is 1. The average Bonchev–Trinajstić information content (AvgIpc) is 2.83. The number of hydrazone groups is 1. The van der Waals surface area contributed by atoms with E-state index < -0.39 is 5.97 Å². The Morgan fingerprint density at radius 1 is 1.12 bits per heavy atom. The lowest BCUT2D eigenvalue weighted by molar-refractivity contribution is -0.138. The summed E-state index contributed by atoms with van der Waals surface area (Å²) in [5.74, 6) is -0.557. The molecule has 2 unspecified atom stereocenters. The van der Waals surface area contributed by atoms with Crippen molar-refractivity contribution in [2.45, 2.75) is 38.5 Å². The third kappa shape index (κ3) is 5.83. The summed E-state index contributed by atoms with van der Waals surface area (Å²) in [6.45, 7) is 5.97. The summed E-state index contributed by atoms with van der Waals surface area (Å²) >= 11 is 0. The zero-order valence-corrected chi connectivity index (χ0v) is 20.0. The van der Waals surface area contributed by atoms with Crippen LogP contribution in [0.1, 0.15) is 59.2 Å². The molecule has 0 bridgehead atoms. The molecule has 7 nitrogen and oxygen atoms in total. The molecule has 0 aromatic heterocycles. The molecule has 34 heavy (non-hydrogen) atoms. The molecule has 7 heteroatoms. The predicted octanol–water partition coefficient (Wildman–Crippen LogP) is 4.05. The van der Waals surface area contributed by atoms with Gasteiger partial charge in [-0.05, 0) is 79.1 Å². The van der Waals surface area contributed by atoms with E-state index in [0.29, 0.717) is 5.56 Å². The third-order valence-electron chi connectivity index (χ3n) is 7.06. The molecule has 180 valence electrons. The number of fused-ring (bicyclic) bond motifs is 1. The lowest BCUT2D eigenvalue weighted by Crippen LogP contribution is -2.41. The van der Waals surface area contributed by atoms with Gasteiger partial charge in [0, 0.05) is 43.9 Å². The van der Waals surface area contributed by atoms with Gasteiger partial charge in [-0.2, -0.15) is 5.10 Å². The van der Waals surface area contributed by atoms with E-state index in [1.165, 1.54) is 11.1 Å². The smallest absolute Gasteiger partial charge is 0.303 e. The zero-order valence-electron chi connectivity index (χ0n) is 20.0. The molecule has 1 saturated heterocycles. The van der Waals surface area contributed by atoms with Crippen molar-refractivity contribution >= 4 is 23.8 Å². The maximum atomic E-state index is 12.9. The minimum absolute atomic E-state index is 0.140. The fraction of sp³-hybridized carbons (Fsp3) is 0.444. The number of carbonyl (C=O) groups is 2. The molecule has 1 amide bonds. The molecule has 1 aliphatic carbocycles. The first-order valence-corrected chi connectivity index (χ1v) is 12.2. The number of hydrogen-bond donors (Lipinski definition) is 2. The van der Waals surface area contributed by atoms with Gasteiger partial charge in [-0.1, -0.05) is 25.1 Å². The van der Waals surface area contributed by atoms with Gasteiger partial charge in [0.05, 0.1) is 6.21 Å². The number of rotatable bonds is 7. The Kier molecular flexibility index (Phi) is 7.63. The molecule has 2 aliphatic rings. The normalized spacial score (nSPS) is 20.8. The van der Waals surface area contributed by atoms with Gasteiger partial charge in [-0.15, -0.1) is 0 Å². The van der Waals surface area contributed by atoms with Crippen molar-refractivity contribution in [3.63, 3.8) is 0 Å². The highest BCUT2D eigenvalue weighted by Crippen LogP contribution is 2.41. The van der Waals surface area contributed by atoms with Crippen LogP contribution in [0, 0.1) is 5.92 Å². The van der Waals surface area contributed by atoms with Gasteiger partial charge in [0.1, 0.15) is 0 Å². The van der Waals surface area contributed by atoms with Gasteiger partial charge in [0.15, 0.2) is 0 Å². The van der Waals surface area contributed by atoms with Crippen LogP contribution in [0.3, 0.4) is 0 Å². The number of likely N-dealkylation sites (N-methyl/N-ethyl adjacent to an activating group) is 1. The largest absolute Gasteiger partial charge is 0.481 e. The quantitative estimate of drug-likeness (QED) is 0.607. The van der Waals surface area contributed by atoms with E-state index in [2.05, 4.69) is 40.4 Å². The summed E-state index contributed by atoms with van der Waals surface area (Å²) in [7, 11) is 2.12. The van der Waals surface area contributed by atoms with Crippen molar-refractivity contribution in [2.75, 3.05) is 38.5 Å². The van der Waals surface area contributed by atoms with Crippen LogP contribution in [0.15, 0.2) is 47.6 Å². The molecule has 2 atom stereocenters. The predicted molar refractivity (Wildman–Crippen MR) is 135 cm³/mol. The fourth-order valence-corrected chi connectivity index (χ4v) is 5.05. The number of nitrogens with one attached hydrogen (secondary N) is 1. The van der Waals surface area contributed by atoms with E-state index in [-0.39, 0.29) is 24.2 Å². The molecule has 2 aromatic rings. The number of nitrogens with zero attached hydrogens (tertiary/aromatic N) is 3. The summed E-state index contributed by atoms with van der Waals surface area (Å²) in [5.41, 5.74) is 4.73.